The minimum Gasteiger partial charge on any atom is -0.504 e. The molecule has 2 N–H and O–H groups in total. The van der Waals surface area contributed by atoms with Crippen LogP contribution in [0.4, 0.5) is 0 Å². The Kier molecular flexibility index (Phi) is 5.49. The number of aromatic amines is 1. The SMILES string of the molecule is CC(C)N1CCc2c(O)coc2C1.CC(C)N1CCc2nc[nH]c2C1. The van der Waals surface area contributed by atoms with Crippen LogP contribution in [0.5, 0.6) is 5.75 Å². The van der Waals surface area contributed by atoms with Crippen LogP contribution in [0, 0.1) is 0 Å². The highest BCUT2D eigenvalue weighted by atomic mass is 16.4. The molecule has 6 nitrogen and oxygen atoms in total. The van der Waals surface area contributed by atoms with Gasteiger partial charge in [0.25, 0.3) is 0 Å². The monoisotopic (exact) mass is 346 g/mol. The van der Waals surface area contributed by atoms with Gasteiger partial charge in [-0.25, -0.2) is 4.98 Å². The first-order chi connectivity index (χ1) is 12.0. The third-order valence-corrected chi connectivity index (χ3v) is 5.22. The lowest BCUT2D eigenvalue weighted by Gasteiger charge is -2.29. The molecule has 25 heavy (non-hydrogen) atoms. The second-order valence-electron chi connectivity index (χ2n) is 7.48. The number of H-pyrrole nitrogens is 1. The molecule has 0 bridgehead atoms. The molecule has 0 radical (unpaired) electrons. The number of aromatic hydroxyl groups is 1. The summed E-state index contributed by atoms with van der Waals surface area (Å²) in [6.45, 7) is 12.8. The highest BCUT2D eigenvalue weighted by Gasteiger charge is 2.23. The molecule has 4 heterocycles. The standard InChI is InChI=1S/C10H15NO2.C9H15N3/c1-7(2)11-4-3-8-9(12)6-13-10(8)5-11;1-7(2)12-4-3-8-9(5-12)11-6-10-8/h6-7,12H,3-5H2,1-2H3;6-7H,3-5H2,1-2H3,(H,10,11). The van der Waals surface area contributed by atoms with Gasteiger partial charge in [-0.3, -0.25) is 9.80 Å². The van der Waals surface area contributed by atoms with Crippen molar-refractivity contribution < 1.29 is 9.52 Å². The maximum absolute atomic E-state index is 9.41. The van der Waals surface area contributed by atoms with E-state index in [0.717, 1.165) is 50.3 Å². The Morgan fingerprint density at radius 2 is 1.76 bits per heavy atom. The lowest BCUT2D eigenvalue weighted by Crippen LogP contribution is -2.35. The summed E-state index contributed by atoms with van der Waals surface area (Å²) in [5, 5.41) is 9.41. The van der Waals surface area contributed by atoms with Gasteiger partial charge in [0.15, 0.2) is 5.75 Å². The first kappa shape index (κ1) is 18.0. The largest absolute Gasteiger partial charge is 0.504 e. The first-order valence-corrected chi connectivity index (χ1v) is 9.23. The molecule has 4 rings (SSSR count). The van der Waals surface area contributed by atoms with Crippen LogP contribution < -0.4 is 0 Å². The number of nitrogens with one attached hydrogen (secondary N) is 1. The fourth-order valence-electron chi connectivity index (χ4n) is 3.45. The number of rotatable bonds is 2. The van der Waals surface area contributed by atoms with E-state index >= 15 is 0 Å². The summed E-state index contributed by atoms with van der Waals surface area (Å²) in [6.07, 6.45) is 5.23. The summed E-state index contributed by atoms with van der Waals surface area (Å²) in [4.78, 5) is 12.3. The van der Waals surface area contributed by atoms with E-state index in [1.54, 1.807) is 6.33 Å². The Morgan fingerprint density at radius 3 is 2.48 bits per heavy atom. The van der Waals surface area contributed by atoms with Gasteiger partial charge in [0.2, 0.25) is 0 Å². The van der Waals surface area contributed by atoms with E-state index in [0.29, 0.717) is 17.8 Å². The molecular formula is C19H30N4O2. The van der Waals surface area contributed by atoms with Crippen LogP contribution in [0.15, 0.2) is 17.0 Å². The van der Waals surface area contributed by atoms with Gasteiger partial charge < -0.3 is 14.5 Å². The molecule has 2 aromatic heterocycles. The van der Waals surface area contributed by atoms with Crippen LogP contribution in [-0.2, 0) is 25.9 Å². The summed E-state index contributed by atoms with van der Waals surface area (Å²) in [5.74, 6) is 1.25. The van der Waals surface area contributed by atoms with E-state index in [1.807, 2.05) is 0 Å². The van der Waals surface area contributed by atoms with Crippen molar-refractivity contribution >= 4 is 0 Å². The summed E-state index contributed by atoms with van der Waals surface area (Å²) in [7, 11) is 0. The minimum atomic E-state index is 0.318. The molecular weight excluding hydrogens is 316 g/mol. The third kappa shape index (κ3) is 4.07. The number of aromatic nitrogens is 2. The normalized spacial score (nSPS) is 18.0. The van der Waals surface area contributed by atoms with Gasteiger partial charge in [-0.15, -0.1) is 0 Å². The van der Waals surface area contributed by atoms with Crippen molar-refractivity contribution in [1.29, 1.82) is 0 Å². The predicted octanol–water partition coefficient (Wildman–Crippen LogP) is 2.93. The minimum absolute atomic E-state index is 0.318. The molecule has 2 aliphatic heterocycles. The van der Waals surface area contributed by atoms with E-state index in [1.165, 1.54) is 17.7 Å². The topological polar surface area (TPSA) is 68.5 Å². The van der Waals surface area contributed by atoms with Crippen LogP contribution in [-0.4, -0.2) is 50.0 Å². The van der Waals surface area contributed by atoms with Crippen molar-refractivity contribution in [2.75, 3.05) is 13.1 Å². The lowest BCUT2D eigenvalue weighted by atomic mass is 10.1. The zero-order chi connectivity index (χ0) is 18.0. The van der Waals surface area contributed by atoms with Gasteiger partial charge in [-0.05, 0) is 34.1 Å². The Morgan fingerprint density at radius 1 is 1.08 bits per heavy atom. The van der Waals surface area contributed by atoms with Crippen LogP contribution in [0.3, 0.4) is 0 Å². The maximum Gasteiger partial charge on any atom is 0.157 e. The summed E-state index contributed by atoms with van der Waals surface area (Å²) < 4.78 is 5.28. The third-order valence-electron chi connectivity index (χ3n) is 5.22. The quantitative estimate of drug-likeness (QED) is 0.875. The highest BCUT2D eigenvalue weighted by molar-refractivity contribution is 5.34. The molecule has 6 heteroatoms. The number of furan rings is 1. The number of hydrogen-bond donors (Lipinski definition) is 2. The van der Waals surface area contributed by atoms with Gasteiger partial charge in [0.05, 0.1) is 24.3 Å². The number of fused-ring (bicyclic) bond motifs is 2. The van der Waals surface area contributed by atoms with E-state index < -0.39 is 0 Å². The average molecular weight is 346 g/mol. The van der Waals surface area contributed by atoms with Gasteiger partial charge in [0.1, 0.15) is 12.0 Å². The smallest absolute Gasteiger partial charge is 0.157 e. The van der Waals surface area contributed by atoms with Gasteiger partial charge in [-0.2, -0.15) is 0 Å². The van der Waals surface area contributed by atoms with Gasteiger partial charge in [-0.1, -0.05) is 0 Å². The highest BCUT2D eigenvalue weighted by Crippen LogP contribution is 2.29. The molecule has 0 saturated heterocycles. The average Bonchev–Trinajstić information content (AvgIpc) is 3.21. The fourth-order valence-corrected chi connectivity index (χ4v) is 3.45. The van der Waals surface area contributed by atoms with E-state index in [4.69, 9.17) is 4.42 Å². The zero-order valence-corrected chi connectivity index (χ0v) is 15.7. The van der Waals surface area contributed by atoms with E-state index in [-0.39, 0.29) is 0 Å². The molecule has 0 saturated carbocycles. The molecule has 2 aromatic rings. The fraction of sp³-hybridized carbons (Fsp3) is 0.632. The Bertz CT molecular complexity index is 689. The lowest BCUT2D eigenvalue weighted by molar-refractivity contribution is 0.184. The van der Waals surface area contributed by atoms with Crippen molar-refractivity contribution in [1.82, 2.24) is 19.8 Å². The van der Waals surface area contributed by atoms with Crippen LogP contribution in [0.2, 0.25) is 0 Å². The Labute approximate surface area is 149 Å². The van der Waals surface area contributed by atoms with Crippen LogP contribution in [0.1, 0.15) is 50.4 Å². The zero-order valence-electron chi connectivity index (χ0n) is 15.7. The molecule has 0 unspecified atom stereocenters. The van der Waals surface area contributed by atoms with Crippen molar-refractivity contribution in [3.63, 3.8) is 0 Å². The molecule has 138 valence electrons. The molecule has 0 aromatic carbocycles. The van der Waals surface area contributed by atoms with Gasteiger partial charge >= 0.3 is 0 Å². The number of nitrogens with zero attached hydrogens (tertiary/aromatic N) is 3. The van der Waals surface area contributed by atoms with Crippen molar-refractivity contribution in [2.24, 2.45) is 0 Å². The second-order valence-corrected chi connectivity index (χ2v) is 7.48. The van der Waals surface area contributed by atoms with Gasteiger partial charge in [0, 0.05) is 43.7 Å². The summed E-state index contributed by atoms with van der Waals surface area (Å²) in [5.41, 5.74) is 3.55. The molecule has 0 amide bonds. The molecule has 0 aliphatic carbocycles. The molecule has 0 atom stereocenters. The molecule has 0 spiro atoms. The maximum atomic E-state index is 9.41. The predicted molar refractivity (Wildman–Crippen MR) is 97.5 cm³/mol. The van der Waals surface area contributed by atoms with Crippen LogP contribution >= 0.6 is 0 Å². The van der Waals surface area contributed by atoms with Crippen molar-refractivity contribution in [3.05, 3.63) is 35.3 Å². The summed E-state index contributed by atoms with van der Waals surface area (Å²) in [6, 6.07) is 1.18. The number of imidazole rings is 1. The molecule has 2 aliphatic rings. The van der Waals surface area contributed by atoms with Crippen molar-refractivity contribution in [2.45, 2.75) is 65.7 Å². The number of hydrogen-bond acceptors (Lipinski definition) is 5. The summed E-state index contributed by atoms with van der Waals surface area (Å²) >= 11 is 0. The molecule has 0 fully saturated rings. The van der Waals surface area contributed by atoms with E-state index in [2.05, 4.69) is 47.5 Å². The Balaban J connectivity index is 0.000000146. The Hall–Kier alpha value is -1.79. The second kappa shape index (κ2) is 7.62. The first-order valence-electron chi connectivity index (χ1n) is 9.23. The van der Waals surface area contributed by atoms with Crippen molar-refractivity contribution in [3.8, 4) is 5.75 Å². The van der Waals surface area contributed by atoms with E-state index in [9.17, 15) is 5.11 Å². The van der Waals surface area contributed by atoms with Crippen LogP contribution in [0.25, 0.3) is 0 Å².